The van der Waals surface area contributed by atoms with E-state index in [9.17, 15) is 9.59 Å². The van der Waals surface area contributed by atoms with Crippen molar-refractivity contribution in [3.63, 3.8) is 0 Å². The summed E-state index contributed by atoms with van der Waals surface area (Å²) in [5, 5.41) is 3.64. The molecule has 0 atom stereocenters. The fourth-order valence-electron chi connectivity index (χ4n) is 3.84. The van der Waals surface area contributed by atoms with Crippen molar-refractivity contribution in [2.75, 3.05) is 31.1 Å². The number of carbonyl (C=O) groups excluding carboxylic acids is 2. The number of piperazine rings is 1. The molecule has 182 valence electrons. The lowest BCUT2D eigenvalue weighted by molar-refractivity contribution is -0.129. The Hall–Kier alpha value is -3.46. The van der Waals surface area contributed by atoms with Gasteiger partial charge in [-0.2, -0.15) is 0 Å². The maximum Gasteiger partial charge on any atom is 0.251 e. The van der Waals surface area contributed by atoms with Crippen LogP contribution in [0.5, 0.6) is 0 Å². The molecule has 0 saturated carbocycles. The summed E-state index contributed by atoms with van der Waals surface area (Å²) in [7, 11) is 0. The molecule has 8 nitrogen and oxygen atoms in total. The largest absolute Gasteiger partial charge is 0.353 e. The van der Waals surface area contributed by atoms with E-state index in [1.54, 1.807) is 24.9 Å². The van der Waals surface area contributed by atoms with Crippen LogP contribution in [0.3, 0.4) is 0 Å². The summed E-state index contributed by atoms with van der Waals surface area (Å²) in [6.07, 6.45) is 2.54. The molecular formula is C26H30N6O2S. The molecule has 1 saturated heterocycles. The highest BCUT2D eigenvalue weighted by Gasteiger charge is 2.20. The van der Waals surface area contributed by atoms with Crippen molar-refractivity contribution in [1.29, 1.82) is 0 Å². The molecule has 1 N–H and O–H groups in total. The van der Waals surface area contributed by atoms with Crippen molar-refractivity contribution in [3.8, 4) is 0 Å². The maximum atomic E-state index is 12.6. The Balaban J connectivity index is 1.38. The van der Waals surface area contributed by atoms with Gasteiger partial charge in [-0.15, -0.1) is 0 Å². The first kappa shape index (κ1) is 24.7. The van der Waals surface area contributed by atoms with Crippen molar-refractivity contribution in [2.45, 2.75) is 37.7 Å². The highest BCUT2D eigenvalue weighted by molar-refractivity contribution is 7.98. The molecule has 1 aromatic carbocycles. The Morgan fingerprint density at radius 2 is 1.83 bits per heavy atom. The first-order valence-corrected chi connectivity index (χ1v) is 12.8. The minimum Gasteiger partial charge on any atom is -0.353 e. The monoisotopic (exact) mass is 490 g/mol. The molecule has 0 bridgehead atoms. The summed E-state index contributed by atoms with van der Waals surface area (Å²) >= 11 is 1.56. The van der Waals surface area contributed by atoms with Gasteiger partial charge in [0, 0.05) is 62.4 Å². The van der Waals surface area contributed by atoms with Gasteiger partial charge in [0.15, 0.2) is 5.16 Å². The van der Waals surface area contributed by atoms with E-state index in [1.807, 2.05) is 53.4 Å². The van der Waals surface area contributed by atoms with E-state index in [1.165, 1.54) is 0 Å². The Bertz CT molecular complexity index is 1170. The fraction of sp³-hybridized carbons (Fsp3) is 0.346. The van der Waals surface area contributed by atoms with E-state index in [4.69, 9.17) is 9.97 Å². The molecular weight excluding hydrogens is 460 g/mol. The molecule has 1 aliphatic heterocycles. The molecule has 2 aromatic heterocycles. The van der Waals surface area contributed by atoms with Crippen LogP contribution in [0.2, 0.25) is 0 Å². The van der Waals surface area contributed by atoms with Gasteiger partial charge in [0.1, 0.15) is 5.82 Å². The SMILES string of the molecule is CCc1cc(N2CCN(C(C)=O)CC2)nc(SCc2cccc(C(=O)NCc3ccccn3)c2)n1. The first-order chi connectivity index (χ1) is 17.0. The molecule has 2 amide bonds. The third-order valence-corrected chi connectivity index (χ3v) is 6.79. The number of pyridine rings is 1. The maximum absolute atomic E-state index is 12.6. The average Bonchev–Trinajstić information content (AvgIpc) is 2.91. The molecule has 3 heterocycles. The van der Waals surface area contributed by atoms with Crippen LogP contribution in [0.1, 0.15) is 41.2 Å². The van der Waals surface area contributed by atoms with Crippen LogP contribution >= 0.6 is 11.8 Å². The minimum absolute atomic E-state index is 0.116. The number of nitrogens with one attached hydrogen (secondary N) is 1. The molecule has 9 heteroatoms. The predicted molar refractivity (Wildman–Crippen MR) is 137 cm³/mol. The lowest BCUT2D eigenvalue weighted by atomic mass is 10.1. The van der Waals surface area contributed by atoms with E-state index in [0.717, 1.165) is 47.4 Å². The van der Waals surface area contributed by atoms with Crippen molar-refractivity contribution < 1.29 is 9.59 Å². The van der Waals surface area contributed by atoms with E-state index in [-0.39, 0.29) is 11.8 Å². The topological polar surface area (TPSA) is 91.3 Å². The number of amides is 2. The molecule has 0 aliphatic carbocycles. The number of carbonyl (C=O) groups is 2. The lowest BCUT2D eigenvalue weighted by Crippen LogP contribution is -2.48. The molecule has 1 aliphatic rings. The van der Waals surface area contributed by atoms with Gasteiger partial charge < -0.3 is 15.1 Å². The van der Waals surface area contributed by atoms with E-state index >= 15 is 0 Å². The molecule has 1 fully saturated rings. The van der Waals surface area contributed by atoms with Crippen LogP contribution in [0.25, 0.3) is 0 Å². The number of hydrogen-bond acceptors (Lipinski definition) is 7. The standard InChI is InChI=1S/C26H30N6O2S/c1-3-22-16-24(32-13-11-31(12-14-32)19(2)33)30-26(29-22)35-18-20-7-6-8-21(15-20)25(34)28-17-23-9-4-5-10-27-23/h4-10,15-16H,3,11-14,17-18H2,1-2H3,(H,28,34). The second-order valence-corrected chi connectivity index (χ2v) is 9.28. The quantitative estimate of drug-likeness (QED) is 0.383. The number of nitrogens with zero attached hydrogens (tertiary/aromatic N) is 5. The number of aromatic nitrogens is 3. The molecule has 3 aromatic rings. The molecule has 0 unspecified atom stereocenters. The smallest absolute Gasteiger partial charge is 0.251 e. The molecule has 35 heavy (non-hydrogen) atoms. The van der Waals surface area contributed by atoms with Crippen LogP contribution in [0.4, 0.5) is 5.82 Å². The van der Waals surface area contributed by atoms with Gasteiger partial charge in [-0.05, 0) is 36.2 Å². The van der Waals surface area contributed by atoms with Gasteiger partial charge >= 0.3 is 0 Å². The molecule has 4 rings (SSSR count). The summed E-state index contributed by atoms with van der Waals surface area (Å²) in [6, 6.07) is 15.3. The van der Waals surface area contributed by atoms with Crippen LogP contribution in [-0.4, -0.2) is 57.8 Å². The minimum atomic E-state index is -0.126. The number of benzene rings is 1. The Labute approximate surface area is 210 Å². The van der Waals surface area contributed by atoms with Gasteiger partial charge in [0.05, 0.1) is 12.2 Å². The van der Waals surface area contributed by atoms with Crippen molar-refractivity contribution in [1.82, 2.24) is 25.2 Å². The summed E-state index contributed by atoms with van der Waals surface area (Å²) in [5.41, 5.74) is 3.46. The zero-order valence-electron chi connectivity index (χ0n) is 20.1. The van der Waals surface area contributed by atoms with Crippen LogP contribution in [0, 0.1) is 0 Å². The van der Waals surface area contributed by atoms with Crippen molar-refractivity contribution >= 4 is 29.4 Å². The van der Waals surface area contributed by atoms with E-state index in [2.05, 4.69) is 22.1 Å². The van der Waals surface area contributed by atoms with Crippen molar-refractivity contribution in [3.05, 3.63) is 77.2 Å². The highest BCUT2D eigenvalue weighted by atomic mass is 32.2. The number of aryl methyl sites for hydroxylation is 1. The Kier molecular flexibility index (Phi) is 8.31. The zero-order valence-corrected chi connectivity index (χ0v) is 20.9. The summed E-state index contributed by atoms with van der Waals surface area (Å²) in [4.78, 5) is 42.1. The van der Waals surface area contributed by atoms with Crippen molar-refractivity contribution in [2.24, 2.45) is 0 Å². The van der Waals surface area contributed by atoms with E-state index < -0.39 is 0 Å². The summed E-state index contributed by atoms with van der Waals surface area (Å²) in [5.74, 6) is 1.56. The third kappa shape index (κ3) is 6.79. The van der Waals surface area contributed by atoms with Gasteiger partial charge in [-0.3, -0.25) is 14.6 Å². The third-order valence-electron chi connectivity index (χ3n) is 5.87. The molecule has 0 spiro atoms. The summed E-state index contributed by atoms with van der Waals surface area (Å²) in [6.45, 7) is 7.03. The fourth-order valence-corrected chi connectivity index (χ4v) is 4.66. The number of hydrogen-bond donors (Lipinski definition) is 1. The predicted octanol–water partition coefficient (Wildman–Crippen LogP) is 3.32. The average molecular weight is 491 g/mol. The van der Waals surface area contributed by atoms with Gasteiger partial charge in [0.2, 0.25) is 5.91 Å². The second-order valence-electron chi connectivity index (χ2n) is 8.34. The Morgan fingerprint density at radius 3 is 2.54 bits per heavy atom. The normalized spacial score (nSPS) is 13.5. The molecule has 0 radical (unpaired) electrons. The van der Waals surface area contributed by atoms with Gasteiger partial charge in [0.25, 0.3) is 5.91 Å². The highest BCUT2D eigenvalue weighted by Crippen LogP contribution is 2.24. The van der Waals surface area contributed by atoms with E-state index in [0.29, 0.717) is 31.0 Å². The number of anilines is 1. The Morgan fingerprint density at radius 1 is 1.00 bits per heavy atom. The summed E-state index contributed by atoms with van der Waals surface area (Å²) < 4.78 is 0. The van der Waals surface area contributed by atoms with Gasteiger partial charge in [-0.25, -0.2) is 9.97 Å². The second kappa shape index (κ2) is 11.8. The zero-order chi connectivity index (χ0) is 24.6. The number of thioether (sulfide) groups is 1. The lowest BCUT2D eigenvalue weighted by Gasteiger charge is -2.35. The van der Waals surface area contributed by atoms with Crippen LogP contribution < -0.4 is 10.2 Å². The van der Waals surface area contributed by atoms with Gasteiger partial charge in [-0.1, -0.05) is 36.9 Å². The number of rotatable bonds is 8. The van der Waals surface area contributed by atoms with Crippen LogP contribution in [0.15, 0.2) is 59.9 Å². The van der Waals surface area contributed by atoms with Crippen LogP contribution in [-0.2, 0) is 23.5 Å². The first-order valence-electron chi connectivity index (χ1n) is 11.8.